The second-order valence-electron chi connectivity index (χ2n) is 5.39. The fraction of sp³-hybridized carbons (Fsp3) is 0.412. The fourth-order valence-electron chi connectivity index (χ4n) is 2.28. The summed E-state index contributed by atoms with van der Waals surface area (Å²) in [6, 6.07) is 7.25. The number of benzene rings is 1. The standard InChI is InChI=1S/C17H23N3O4/c1-12(17-15(23-4)9-20(2)19-17)18-16(21)11-24-10-13-5-7-14(22-3)8-6-13/h5-9,12H,10-11H2,1-4H3,(H,18,21). The van der Waals surface area contributed by atoms with Crippen LogP contribution in [0.4, 0.5) is 0 Å². The summed E-state index contributed by atoms with van der Waals surface area (Å²) in [7, 11) is 5.00. The number of hydrogen-bond donors (Lipinski definition) is 1. The lowest BCUT2D eigenvalue weighted by atomic mass is 10.2. The minimum atomic E-state index is -0.266. The molecule has 24 heavy (non-hydrogen) atoms. The van der Waals surface area contributed by atoms with Crippen LogP contribution < -0.4 is 14.8 Å². The van der Waals surface area contributed by atoms with E-state index in [1.807, 2.05) is 31.2 Å². The monoisotopic (exact) mass is 333 g/mol. The van der Waals surface area contributed by atoms with Gasteiger partial charge in [-0.25, -0.2) is 0 Å². The first kappa shape index (κ1) is 17.8. The van der Waals surface area contributed by atoms with Crippen LogP contribution in [0.25, 0.3) is 0 Å². The lowest BCUT2D eigenvalue weighted by Crippen LogP contribution is -2.30. The van der Waals surface area contributed by atoms with Crippen molar-refractivity contribution in [2.24, 2.45) is 7.05 Å². The van der Waals surface area contributed by atoms with Crippen LogP contribution in [0.3, 0.4) is 0 Å². The number of nitrogens with zero attached hydrogens (tertiary/aromatic N) is 2. The van der Waals surface area contributed by atoms with E-state index < -0.39 is 0 Å². The summed E-state index contributed by atoms with van der Waals surface area (Å²) in [4.78, 5) is 12.0. The summed E-state index contributed by atoms with van der Waals surface area (Å²) in [5.41, 5.74) is 1.66. The van der Waals surface area contributed by atoms with Crippen molar-refractivity contribution in [3.8, 4) is 11.5 Å². The zero-order valence-electron chi connectivity index (χ0n) is 14.4. The van der Waals surface area contributed by atoms with Crippen molar-refractivity contribution in [1.82, 2.24) is 15.1 Å². The molecular weight excluding hydrogens is 310 g/mol. The second kappa shape index (κ2) is 8.35. The highest BCUT2D eigenvalue weighted by molar-refractivity contribution is 5.77. The van der Waals surface area contributed by atoms with Crippen LogP contribution in [0, 0.1) is 0 Å². The normalized spacial score (nSPS) is 11.8. The van der Waals surface area contributed by atoms with Gasteiger partial charge >= 0.3 is 0 Å². The number of aromatic nitrogens is 2. The van der Waals surface area contributed by atoms with E-state index in [1.54, 1.807) is 32.1 Å². The number of hydrogen-bond acceptors (Lipinski definition) is 5. The highest BCUT2D eigenvalue weighted by Gasteiger charge is 2.17. The van der Waals surface area contributed by atoms with Gasteiger partial charge in [0.15, 0.2) is 5.75 Å². The molecule has 1 atom stereocenters. The number of nitrogens with one attached hydrogen (secondary N) is 1. The second-order valence-corrected chi connectivity index (χ2v) is 5.39. The van der Waals surface area contributed by atoms with Gasteiger partial charge in [-0.15, -0.1) is 0 Å². The number of carbonyl (C=O) groups is 1. The van der Waals surface area contributed by atoms with E-state index in [1.165, 1.54) is 0 Å². The molecule has 0 aliphatic carbocycles. The van der Waals surface area contributed by atoms with Crippen LogP contribution in [-0.4, -0.2) is 36.5 Å². The molecule has 0 saturated heterocycles. The maximum atomic E-state index is 12.0. The Kier molecular flexibility index (Phi) is 6.20. The molecule has 7 nitrogen and oxygen atoms in total. The minimum Gasteiger partial charge on any atom is -0.497 e. The molecule has 1 aromatic heterocycles. The Bertz CT molecular complexity index is 667. The largest absolute Gasteiger partial charge is 0.497 e. The lowest BCUT2D eigenvalue weighted by Gasteiger charge is -2.13. The molecule has 0 bridgehead atoms. The number of carbonyl (C=O) groups excluding carboxylic acids is 1. The van der Waals surface area contributed by atoms with Crippen molar-refractivity contribution < 1.29 is 19.0 Å². The van der Waals surface area contributed by atoms with Gasteiger partial charge in [0.1, 0.15) is 18.1 Å². The van der Waals surface area contributed by atoms with Gasteiger partial charge in [-0.1, -0.05) is 12.1 Å². The average Bonchev–Trinajstić information content (AvgIpc) is 2.96. The predicted octanol–water partition coefficient (Wildman–Crippen LogP) is 1.83. The smallest absolute Gasteiger partial charge is 0.246 e. The Hall–Kier alpha value is -2.54. The topological polar surface area (TPSA) is 74.6 Å². The molecule has 0 fully saturated rings. The van der Waals surface area contributed by atoms with Crippen molar-refractivity contribution in [3.05, 3.63) is 41.7 Å². The third-order valence-electron chi connectivity index (χ3n) is 3.49. The van der Waals surface area contributed by atoms with Crippen LogP contribution in [0.1, 0.15) is 24.2 Å². The molecule has 1 unspecified atom stereocenters. The van der Waals surface area contributed by atoms with E-state index in [4.69, 9.17) is 14.2 Å². The molecule has 1 N–H and O–H groups in total. The maximum absolute atomic E-state index is 12.0. The van der Waals surface area contributed by atoms with Crippen LogP contribution >= 0.6 is 0 Å². The number of amides is 1. The summed E-state index contributed by atoms with van der Waals surface area (Å²) < 4.78 is 17.4. The van der Waals surface area contributed by atoms with Crippen molar-refractivity contribution in [1.29, 1.82) is 0 Å². The van der Waals surface area contributed by atoms with Crippen LogP contribution in [0.2, 0.25) is 0 Å². The summed E-state index contributed by atoms with van der Waals surface area (Å²) in [6.07, 6.45) is 1.76. The van der Waals surface area contributed by atoms with Gasteiger partial charge in [0.2, 0.25) is 5.91 Å². The SMILES string of the molecule is COc1ccc(COCC(=O)NC(C)c2nn(C)cc2OC)cc1. The Morgan fingerprint density at radius 2 is 1.96 bits per heavy atom. The first-order valence-corrected chi connectivity index (χ1v) is 7.61. The summed E-state index contributed by atoms with van der Waals surface area (Å²) in [5, 5.41) is 7.15. The van der Waals surface area contributed by atoms with Crippen molar-refractivity contribution in [2.75, 3.05) is 20.8 Å². The number of rotatable bonds is 8. The molecule has 2 rings (SSSR count). The molecule has 1 amide bonds. The van der Waals surface area contributed by atoms with E-state index in [0.717, 1.165) is 11.3 Å². The molecule has 1 heterocycles. The molecule has 0 saturated carbocycles. The molecular formula is C17H23N3O4. The Morgan fingerprint density at radius 3 is 2.58 bits per heavy atom. The highest BCUT2D eigenvalue weighted by Crippen LogP contribution is 2.22. The average molecular weight is 333 g/mol. The Labute approximate surface area is 141 Å². The number of methoxy groups -OCH3 is 2. The van der Waals surface area contributed by atoms with Crippen molar-refractivity contribution >= 4 is 5.91 Å². The zero-order valence-corrected chi connectivity index (χ0v) is 14.4. The molecule has 0 aliphatic rings. The molecule has 7 heteroatoms. The molecule has 0 spiro atoms. The number of ether oxygens (including phenoxy) is 3. The van der Waals surface area contributed by atoms with Gasteiger partial charge < -0.3 is 19.5 Å². The maximum Gasteiger partial charge on any atom is 0.246 e. The summed E-state index contributed by atoms with van der Waals surface area (Å²) >= 11 is 0. The van der Waals surface area contributed by atoms with Crippen molar-refractivity contribution in [2.45, 2.75) is 19.6 Å². The van der Waals surface area contributed by atoms with Gasteiger partial charge in [0, 0.05) is 7.05 Å². The molecule has 0 aliphatic heterocycles. The van der Waals surface area contributed by atoms with E-state index in [-0.39, 0.29) is 18.6 Å². The van der Waals surface area contributed by atoms with Gasteiger partial charge in [-0.2, -0.15) is 5.10 Å². The number of aryl methyl sites for hydroxylation is 1. The quantitative estimate of drug-likeness (QED) is 0.798. The van der Waals surface area contributed by atoms with Gasteiger partial charge in [0.25, 0.3) is 0 Å². The van der Waals surface area contributed by atoms with Gasteiger partial charge in [-0.3, -0.25) is 9.48 Å². The van der Waals surface area contributed by atoms with E-state index in [2.05, 4.69) is 10.4 Å². The predicted molar refractivity (Wildman–Crippen MR) is 89.0 cm³/mol. The Morgan fingerprint density at radius 1 is 1.25 bits per heavy atom. The van der Waals surface area contributed by atoms with E-state index in [0.29, 0.717) is 18.1 Å². The van der Waals surface area contributed by atoms with E-state index >= 15 is 0 Å². The highest BCUT2D eigenvalue weighted by atomic mass is 16.5. The van der Waals surface area contributed by atoms with Crippen LogP contribution in [-0.2, 0) is 23.2 Å². The zero-order chi connectivity index (χ0) is 17.5. The van der Waals surface area contributed by atoms with E-state index in [9.17, 15) is 4.79 Å². The van der Waals surface area contributed by atoms with Gasteiger partial charge in [-0.05, 0) is 24.6 Å². The third kappa shape index (κ3) is 4.73. The molecule has 130 valence electrons. The third-order valence-corrected chi connectivity index (χ3v) is 3.49. The Balaban J connectivity index is 1.79. The molecule has 1 aromatic carbocycles. The van der Waals surface area contributed by atoms with Crippen LogP contribution in [0.5, 0.6) is 11.5 Å². The van der Waals surface area contributed by atoms with Crippen molar-refractivity contribution in [3.63, 3.8) is 0 Å². The lowest BCUT2D eigenvalue weighted by molar-refractivity contribution is -0.126. The first-order valence-electron chi connectivity index (χ1n) is 7.61. The summed E-state index contributed by atoms with van der Waals surface area (Å²) in [5.74, 6) is 1.22. The first-order chi connectivity index (χ1) is 11.5. The minimum absolute atomic E-state index is 0.0223. The van der Waals surface area contributed by atoms with Gasteiger partial charge in [0.05, 0.1) is 33.1 Å². The fourth-order valence-corrected chi connectivity index (χ4v) is 2.28. The van der Waals surface area contributed by atoms with Crippen LogP contribution in [0.15, 0.2) is 30.5 Å². The molecule has 2 aromatic rings. The molecule has 0 radical (unpaired) electrons. The summed E-state index contributed by atoms with van der Waals surface area (Å²) in [6.45, 7) is 2.19.